The van der Waals surface area contributed by atoms with Crippen LogP contribution in [0.25, 0.3) is 11.3 Å². The lowest BCUT2D eigenvalue weighted by Crippen LogP contribution is -2.12. The Morgan fingerprint density at radius 2 is 2.12 bits per heavy atom. The Hall–Kier alpha value is -1.81. The summed E-state index contributed by atoms with van der Waals surface area (Å²) in [6.45, 7) is 1.79. The summed E-state index contributed by atoms with van der Waals surface area (Å²) >= 11 is 6.04. The zero-order valence-corrected chi connectivity index (χ0v) is 9.38. The standard InChI is InChI=1S/C11H10ClN3O/c1-6-4-10(15-11(16)14-6)8-3-2-7(13)5-9(8)12/h2-5H,13H2,1H3,(H,14,15,16). The summed E-state index contributed by atoms with van der Waals surface area (Å²) in [6.07, 6.45) is 0. The molecule has 1 aromatic carbocycles. The number of nitrogen functional groups attached to an aromatic ring is 1. The van der Waals surface area contributed by atoms with E-state index in [9.17, 15) is 4.79 Å². The molecule has 0 spiro atoms. The van der Waals surface area contributed by atoms with E-state index in [0.29, 0.717) is 22.0 Å². The predicted octanol–water partition coefficient (Wildman–Crippen LogP) is 1.98. The first-order chi connectivity index (χ1) is 7.56. The summed E-state index contributed by atoms with van der Waals surface area (Å²) in [5.74, 6) is 0. The maximum absolute atomic E-state index is 11.2. The van der Waals surface area contributed by atoms with Crippen molar-refractivity contribution < 1.29 is 0 Å². The third kappa shape index (κ3) is 2.06. The van der Waals surface area contributed by atoms with Crippen molar-refractivity contribution in [3.8, 4) is 11.3 Å². The number of anilines is 1. The number of hydrogen-bond donors (Lipinski definition) is 2. The second-order valence-corrected chi connectivity index (χ2v) is 3.90. The minimum atomic E-state index is -0.386. The molecule has 2 aromatic rings. The van der Waals surface area contributed by atoms with Crippen molar-refractivity contribution in [2.45, 2.75) is 6.92 Å². The first-order valence-corrected chi connectivity index (χ1v) is 5.07. The Balaban J connectivity index is 2.63. The Labute approximate surface area is 97.1 Å². The number of rotatable bonds is 1. The van der Waals surface area contributed by atoms with Crippen molar-refractivity contribution in [1.29, 1.82) is 0 Å². The number of hydrogen-bond acceptors (Lipinski definition) is 3. The minimum absolute atomic E-state index is 0.386. The Kier molecular flexibility index (Phi) is 2.66. The average Bonchev–Trinajstić information content (AvgIpc) is 2.15. The highest BCUT2D eigenvalue weighted by Gasteiger charge is 2.06. The zero-order valence-electron chi connectivity index (χ0n) is 8.62. The SMILES string of the molecule is Cc1cc(-c2ccc(N)cc2Cl)nc(=O)[nH]1. The lowest BCUT2D eigenvalue weighted by atomic mass is 10.1. The molecule has 0 radical (unpaired) electrons. The highest BCUT2D eigenvalue weighted by molar-refractivity contribution is 6.33. The van der Waals surface area contributed by atoms with Crippen molar-refractivity contribution in [3.63, 3.8) is 0 Å². The number of aryl methyl sites for hydroxylation is 1. The van der Waals surface area contributed by atoms with Crippen LogP contribution in [0.2, 0.25) is 5.02 Å². The number of halogens is 1. The molecule has 3 N–H and O–H groups in total. The van der Waals surface area contributed by atoms with E-state index in [1.807, 2.05) is 0 Å². The lowest BCUT2D eigenvalue weighted by molar-refractivity contribution is 1.03. The summed E-state index contributed by atoms with van der Waals surface area (Å²) < 4.78 is 0. The van der Waals surface area contributed by atoms with Gasteiger partial charge in [-0.15, -0.1) is 0 Å². The summed E-state index contributed by atoms with van der Waals surface area (Å²) in [4.78, 5) is 17.7. The van der Waals surface area contributed by atoms with Gasteiger partial charge in [0.1, 0.15) is 0 Å². The van der Waals surface area contributed by atoms with Crippen LogP contribution in [0.1, 0.15) is 5.69 Å². The van der Waals surface area contributed by atoms with E-state index in [-0.39, 0.29) is 5.69 Å². The molecule has 0 aliphatic carbocycles. The number of benzene rings is 1. The fourth-order valence-electron chi connectivity index (χ4n) is 1.46. The van der Waals surface area contributed by atoms with Crippen LogP contribution >= 0.6 is 11.6 Å². The van der Waals surface area contributed by atoms with Crippen molar-refractivity contribution in [2.75, 3.05) is 5.73 Å². The van der Waals surface area contributed by atoms with Crippen LogP contribution in [0.5, 0.6) is 0 Å². The highest BCUT2D eigenvalue weighted by atomic mass is 35.5. The van der Waals surface area contributed by atoms with Gasteiger partial charge in [-0.3, -0.25) is 0 Å². The molecule has 0 bridgehead atoms. The van der Waals surface area contributed by atoms with Crippen molar-refractivity contribution in [1.82, 2.24) is 9.97 Å². The third-order valence-electron chi connectivity index (χ3n) is 2.15. The Morgan fingerprint density at radius 3 is 2.75 bits per heavy atom. The summed E-state index contributed by atoms with van der Waals surface area (Å²) in [7, 11) is 0. The van der Waals surface area contributed by atoms with Gasteiger partial charge in [0.25, 0.3) is 0 Å². The number of nitrogens with one attached hydrogen (secondary N) is 1. The summed E-state index contributed by atoms with van der Waals surface area (Å²) in [5, 5.41) is 0.484. The van der Waals surface area contributed by atoms with Crippen molar-refractivity contribution in [3.05, 3.63) is 45.5 Å². The number of H-pyrrole nitrogens is 1. The maximum atomic E-state index is 11.2. The van der Waals surface area contributed by atoms with Crippen LogP contribution in [0.15, 0.2) is 29.1 Å². The van der Waals surface area contributed by atoms with E-state index in [1.165, 1.54) is 0 Å². The molecule has 82 valence electrons. The van der Waals surface area contributed by atoms with Crippen LogP contribution in [-0.4, -0.2) is 9.97 Å². The quantitative estimate of drug-likeness (QED) is 0.743. The number of aromatic nitrogens is 2. The normalized spacial score (nSPS) is 10.4. The molecule has 0 atom stereocenters. The largest absolute Gasteiger partial charge is 0.399 e. The summed E-state index contributed by atoms with van der Waals surface area (Å²) in [6, 6.07) is 6.87. The zero-order chi connectivity index (χ0) is 11.7. The van der Waals surface area contributed by atoms with Gasteiger partial charge in [0.15, 0.2) is 0 Å². The lowest BCUT2D eigenvalue weighted by Gasteiger charge is -2.04. The molecule has 2 rings (SSSR count). The summed E-state index contributed by atoms with van der Waals surface area (Å²) in [5.41, 5.74) is 7.77. The molecule has 0 unspecified atom stereocenters. The average molecular weight is 236 g/mol. The van der Waals surface area contributed by atoms with Gasteiger partial charge in [0.05, 0.1) is 10.7 Å². The molecule has 0 aliphatic heterocycles. The molecular formula is C11H10ClN3O. The second-order valence-electron chi connectivity index (χ2n) is 3.49. The third-order valence-corrected chi connectivity index (χ3v) is 2.46. The molecule has 1 aromatic heterocycles. The van der Waals surface area contributed by atoms with Gasteiger partial charge in [0.2, 0.25) is 0 Å². The van der Waals surface area contributed by atoms with Crippen LogP contribution in [0.4, 0.5) is 5.69 Å². The maximum Gasteiger partial charge on any atom is 0.345 e. The molecule has 5 heteroatoms. The molecule has 0 fully saturated rings. The fourth-order valence-corrected chi connectivity index (χ4v) is 1.74. The van der Waals surface area contributed by atoms with Gasteiger partial charge in [-0.1, -0.05) is 11.6 Å². The van der Waals surface area contributed by atoms with Gasteiger partial charge in [-0.05, 0) is 31.2 Å². The van der Waals surface area contributed by atoms with Gasteiger partial charge in [-0.25, -0.2) is 4.79 Å². The van der Waals surface area contributed by atoms with E-state index >= 15 is 0 Å². The van der Waals surface area contributed by atoms with Crippen LogP contribution in [0, 0.1) is 6.92 Å². The van der Waals surface area contributed by atoms with E-state index in [0.717, 1.165) is 5.69 Å². The first kappa shape index (κ1) is 10.7. The molecule has 0 aliphatic rings. The van der Waals surface area contributed by atoms with Crippen molar-refractivity contribution >= 4 is 17.3 Å². The van der Waals surface area contributed by atoms with Crippen LogP contribution < -0.4 is 11.4 Å². The number of nitrogens with zero attached hydrogens (tertiary/aromatic N) is 1. The smallest absolute Gasteiger partial charge is 0.345 e. The van der Waals surface area contributed by atoms with Crippen LogP contribution in [-0.2, 0) is 0 Å². The molecular weight excluding hydrogens is 226 g/mol. The van der Waals surface area contributed by atoms with E-state index in [1.54, 1.807) is 31.2 Å². The second kappa shape index (κ2) is 3.98. The van der Waals surface area contributed by atoms with E-state index in [4.69, 9.17) is 17.3 Å². The van der Waals surface area contributed by atoms with E-state index < -0.39 is 0 Å². The number of nitrogens with two attached hydrogens (primary N) is 1. The van der Waals surface area contributed by atoms with E-state index in [2.05, 4.69) is 9.97 Å². The number of aromatic amines is 1. The molecule has 1 heterocycles. The Bertz CT molecular complexity index is 592. The van der Waals surface area contributed by atoms with Crippen molar-refractivity contribution in [2.24, 2.45) is 0 Å². The monoisotopic (exact) mass is 235 g/mol. The molecule has 0 amide bonds. The first-order valence-electron chi connectivity index (χ1n) is 4.69. The molecule has 0 saturated carbocycles. The predicted molar refractivity (Wildman–Crippen MR) is 64.5 cm³/mol. The molecule has 4 nitrogen and oxygen atoms in total. The molecule has 0 saturated heterocycles. The molecule has 16 heavy (non-hydrogen) atoms. The van der Waals surface area contributed by atoms with Gasteiger partial charge in [0, 0.05) is 16.9 Å². The van der Waals surface area contributed by atoms with Gasteiger partial charge >= 0.3 is 5.69 Å². The van der Waals surface area contributed by atoms with Gasteiger partial charge in [-0.2, -0.15) is 4.98 Å². The highest BCUT2D eigenvalue weighted by Crippen LogP contribution is 2.27. The fraction of sp³-hybridized carbons (Fsp3) is 0.0909. The Morgan fingerprint density at radius 1 is 1.38 bits per heavy atom. The van der Waals surface area contributed by atoms with Crippen LogP contribution in [0.3, 0.4) is 0 Å². The minimum Gasteiger partial charge on any atom is -0.399 e. The topological polar surface area (TPSA) is 71.8 Å². The van der Waals surface area contributed by atoms with Gasteiger partial charge < -0.3 is 10.7 Å².